The maximum Gasteiger partial charge on any atom is 0.234 e. The summed E-state index contributed by atoms with van der Waals surface area (Å²) in [5, 5.41) is 3.29. The fourth-order valence-corrected chi connectivity index (χ4v) is 2.29. The average molecular weight is 227 g/mol. The first-order valence-corrected chi connectivity index (χ1v) is 6.00. The number of ether oxygens (including phenoxy) is 1. The van der Waals surface area contributed by atoms with Gasteiger partial charge in [0.2, 0.25) is 5.91 Å². The van der Waals surface area contributed by atoms with Crippen LogP contribution in [0.15, 0.2) is 0 Å². The van der Waals surface area contributed by atoms with Gasteiger partial charge in [-0.2, -0.15) is 0 Å². The molecule has 0 aromatic rings. The molecule has 2 atom stereocenters. The minimum atomic E-state index is -0.219. The van der Waals surface area contributed by atoms with Gasteiger partial charge < -0.3 is 15.8 Å². The quantitative estimate of drug-likeness (QED) is 0.652. The van der Waals surface area contributed by atoms with Crippen molar-refractivity contribution in [2.75, 3.05) is 26.8 Å². The van der Waals surface area contributed by atoms with Crippen molar-refractivity contribution in [2.45, 2.75) is 37.4 Å². The molecule has 3 N–H and O–H groups in total. The third kappa shape index (κ3) is 2.72. The second kappa shape index (κ2) is 5.12. The average Bonchev–Trinajstić information content (AvgIpc) is 2.60. The van der Waals surface area contributed by atoms with Gasteiger partial charge in [0.1, 0.15) is 0 Å². The lowest BCUT2D eigenvalue weighted by molar-refractivity contribution is -0.119. The van der Waals surface area contributed by atoms with Crippen LogP contribution in [0.25, 0.3) is 0 Å². The van der Waals surface area contributed by atoms with Crippen LogP contribution in [0, 0.1) is 0 Å². The molecule has 0 aliphatic carbocycles. The van der Waals surface area contributed by atoms with E-state index in [9.17, 15) is 4.79 Å². The zero-order valence-electron chi connectivity index (χ0n) is 9.82. The summed E-state index contributed by atoms with van der Waals surface area (Å²) in [6, 6.07) is 0.927. The highest BCUT2D eigenvalue weighted by atomic mass is 16.5. The molecule has 1 amide bonds. The maximum absolute atomic E-state index is 11.0. The van der Waals surface area contributed by atoms with Gasteiger partial charge in [0, 0.05) is 6.04 Å². The molecule has 92 valence electrons. The SMILES string of the molecule is CN(CCC1CCC(C(N)=O)N1)C1COC1. The van der Waals surface area contributed by atoms with Crippen LogP contribution in [0.3, 0.4) is 0 Å². The Morgan fingerprint density at radius 1 is 1.50 bits per heavy atom. The Balaban J connectivity index is 1.65. The Morgan fingerprint density at radius 2 is 2.25 bits per heavy atom. The first-order valence-electron chi connectivity index (χ1n) is 6.00. The molecule has 5 heteroatoms. The monoisotopic (exact) mass is 227 g/mol. The maximum atomic E-state index is 11.0. The summed E-state index contributed by atoms with van der Waals surface area (Å²) < 4.78 is 5.16. The van der Waals surface area contributed by atoms with Gasteiger partial charge in [-0.05, 0) is 32.9 Å². The molecule has 0 aromatic heterocycles. The first kappa shape index (κ1) is 11.8. The molecule has 0 bridgehead atoms. The summed E-state index contributed by atoms with van der Waals surface area (Å²) in [5.41, 5.74) is 5.27. The van der Waals surface area contributed by atoms with Gasteiger partial charge in [-0.15, -0.1) is 0 Å². The smallest absolute Gasteiger partial charge is 0.234 e. The fraction of sp³-hybridized carbons (Fsp3) is 0.909. The van der Waals surface area contributed by atoms with Gasteiger partial charge in [-0.25, -0.2) is 0 Å². The van der Waals surface area contributed by atoms with Gasteiger partial charge >= 0.3 is 0 Å². The number of hydrogen-bond donors (Lipinski definition) is 2. The van der Waals surface area contributed by atoms with E-state index in [0.29, 0.717) is 12.1 Å². The molecular formula is C11H21N3O2. The number of nitrogens with zero attached hydrogens (tertiary/aromatic N) is 1. The third-order valence-corrected chi connectivity index (χ3v) is 3.66. The number of nitrogens with one attached hydrogen (secondary N) is 1. The lowest BCUT2D eigenvalue weighted by Crippen LogP contribution is -2.48. The lowest BCUT2D eigenvalue weighted by Gasteiger charge is -2.35. The molecule has 2 fully saturated rings. The highest BCUT2D eigenvalue weighted by molar-refractivity contribution is 5.80. The fourth-order valence-electron chi connectivity index (χ4n) is 2.29. The van der Waals surface area contributed by atoms with E-state index in [0.717, 1.165) is 39.0 Å². The second-order valence-electron chi connectivity index (χ2n) is 4.86. The van der Waals surface area contributed by atoms with Gasteiger partial charge in [-0.1, -0.05) is 0 Å². The molecule has 0 saturated carbocycles. The van der Waals surface area contributed by atoms with Crippen molar-refractivity contribution in [2.24, 2.45) is 5.73 Å². The van der Waals surface area contributed by atoms with E-state index in [1.807, 2.05) is 0 Å². The van der Waals surface area contributed by atoms with Crippen molar-refractivity contribution in [3.05, 3.63) is 0 Å². The standard InChI is InChI=1S/C11H21N3O2/c1-14(9-6-16-7-9)5-4-8-2-3-10(13-8)11(12)15/h8-10,13H,2-7H2,1H3,(H2,12,15). The molecule has 2 saturated heterocycles. The summed E-state index contributed by atoms with van der Waals surface area (Å²) in [7, 11) is 2.13. The predicted molar refractivity (Wildman–Crippen MR) is 61.0 cm³/mol. The van der Waals surface area contributed by atoms with Crippen molar-refractivity contribution in [1.29, 1.82) is 0 Å². The minimum Gasteiger partial charge on any atom is -0.378 e. The van der Waals surface area contributed by atoms with Gasteiger partial charge in [0.15, 0.2) is 0 Å². The third-order valence-electron chi connectivity index (χ3n) is 3.66. The molecule has 2 aliphatic heterocycles. The van der Waals surface area contributed by atoms with Crippen LogP contribution in [0.5, 0.6) is 0 Å². The van der Waals surface area contributed by atoms with E-state index >= 15 is 0 Å². The van der Waals surface area contributed by atoms with E-state index < -0.39 is 0 Å². The highest BCUT2D eigenvalue weighted by Crippen LogP contribution is 2.16. The Morgan fingerprint density at radius 3 is 2.75 bits per heavy atom. The second-order valence-corrected chi connectivity index (χ2v) is 4.86. The summed E-state index contributed by atoms with van der Waals surface area (Å²) in [4.78, 5) is 13.3. The van der Waals surface area contributed by atoms with Crippen LogP contribution in [0.1, 0.15) is 19.3 Å². The Labute approximate surface area is 96.3 Å². The van der Waals surface area contributed by atoms with Crippen LogP contribution in [-0.2, 0) is 9.53 Å². The summed E-state index contributed by atoms with van der Waals surface area (Å²) in [6.07, 6.45) is 3.02. The van der Waals surface area contributed by atoms with E-state index in [-0.39, 0.29) is 11.9 Å². The van der Waals surface area contributed by atoms with E-state index in [2.05, 4.69) is 17.3 Å². The topological polar surface area (TPSA) is 67.6 Å². The molecule has 2 heterocycles. The number of rotatable bonds is 5. The van der Waals surface area contributed by atoms with Crippen LogP contribution in [0.2, 0.25) is 0 Å². The molecule has 16 heavy (non-hydrogen) atoms. The molecule has 2 aliphatic rings. The Hall–Kier alpha value is -0.650. The first-order chi connectivity index (χ1) is 7.66. The van der Waals surface area contributed by atoms with Crippen molar-refractivity contribution in [1.82, 2.24) is 10.2 Å². The van der Waals surface area contributed by atoms with Crippen LogP contribution >= 0.6 is 0 Å². The highest BCUT2D eigenvalue weighted by Gasteiger charge is 2.28. The van der Waals surface area contributed by atoms with Crippen molar-refractivity contribution in [3.8, 4) is 0 Å². The number of primary amides is 1. The van der Waals surface area contributed by atoms with Crippen molar-refractivity contribution in [3.63, 3.8) is 0 Å². The molecular weight excluding hydrogens is 206 g/mol. The Bertz CT molecular complexity index is 256. The molecule has 5 nitrogen and oxygen atoms in total. The zero-order chi connectivity index (χ0) is 11.5. The Kier molecular flexibility index (Phi) is 3.78. The molecule has 0 aromatic carbocycles. The van der Waals surface area contributed by atoms with Crippen LogP contribution in [-0.4, -0.2) is 55.7 Å². The zero-order valence-corrected chi connectivity index (χ0v) is 9.82. The number of carbonyl (C=O) groups is 1. The number of amides is 1. The molecule has 2 rings (SSSR count). The summed E-state index contributed by atoms with van der Waals surface area (Å²) in [6.45, 7) is 2.77. The molecule has 0 radical (unpaired) electrons. The molecule has 2 unspecified atom stereocenters. The number of likely N-dealkylation sites (N-methyl/N-ethyl adjacent to an activating group) is 1. The van der Waals surface area contributed by atoms with Crippen LogP contribution < -0.4 is 11.1 Å². The van der Waals surface area contributed by atoms with Crippen molar-refractivity contribution >= 4 is 5.91 Å². The number of hydrogen-bond acceptors (Lipinski definition) is 4. The van der Waals surface area contributed by atoms with Gasteiger partial charge in [-0.3, -0.25) is 9.69 Å². The number of carbonyl (C=O) groups excluding carboxylic acids is 1. The minimum absolute atomic E-state index is 0.109. The number of nitrogens with two attached hydrogens (primary N) is 1. The lowest BCUT2D eigenvalue weighted by atomic mass is 10.1. The normalized spacial score (nSPS) is 30.6. The predicted octanol–water partition coefficient (Wildman–Crippen LogP) is -0.687. The largest absolute Gasteiger partial charge is 0.378 e. The van der Waals surface area contributed by atoms with Crippen LogP contribution in [0.4, 0.5) is 0 Å². The van der Waals surface area contributed by atoms with Gasteiger partial charge in [0.25, 0.3) is 0 Å². The van der Waals surface area contributed by atoms with E-state index in [4.69, 9.17) is 10.5 Å². The van der Waals surface area contributed by atoms with E-state index in [1.54, 1.807) is 0 Å². The van der Waals surface area contributed by atoms with Crippen molar-refractivity contribution < 1.29 is 9.53 Å². The summed E-state index contributed by atoms with van der Waals surface area (Å²) in [5.74, 6) is -0.219. The van der Waals surface area contributed by atoms with Gasteiger partial charge in [0.05, 0.1) is 25.3 Å². The van der Waals surface area contributed by atoms with E-state index in [1.165, 1.54) is 0 Å². The molecule has 0 spiro atoms. The summed E-state index contributed by atoms with van der Waals surface area (Å²) >= 11 is 0.